The molecule has 0 fully saturated rings. The summed E-state index contributed by atoms with van der Waals surface area (Å²) in [6, 6.07) is 7.50. The van der Waals surface area contributed by atoms with E-state index >= 15 is 0 Å². The van der Waals surface area contributed by atoms with Crippen LogP contribution in [0.15, 0.2) is 47.8 Å². The van der Waals surface area contributed by atoms with Crippen molar-refractivity contribution in [3.05, 3.63) is 75.5 Å². The van der Waals surface area contributed by atoms with Crippen LogP contribution in [-0.4, -0.2) is 46.2 Å². The summed E-state index contributed by atoms with van der Waals surface area (Å²) >= 11 is 11.4. The first kappa shape index (κ1) is 30.3. The summed E-state index contributed by atoms with van der Waals surface area (Å²) in [6.07, 6.45) is 1.48. The van der Waals surface area contributed by atoms with Crippen molar-refractivity contribution in [2.45, 2.75) is 12.1 Å². The zero-order valence-electron chi connectivity index (χ0n) is 19.8. The van der Waals surface area contributed by atoms with Crippen LogP contribution in [0.5, 0.6) is 5.75 Å². The number of halogens is 4. The van der Waals surface area contributed by atoms with E-state index in [0.717, 1.165) is 22.7 Å². The third-order valence-electron chi connectivity index (χ3n) is 4.24. The molecule has 0 aliphatic rings. The number of sulfonamides is 1. The molecule has 4 rings (SSSR count). The predicted octanol–water partition coefficient (Wildman–Crippen LogP) is 1.33. The average molecular weight is 586 g/mol. The maximum absolute atomic E-state index is 13.5. The molecule has 10 nitrogen and oxygen atoms in total. The number of ether oxygens (including phenoxy) is 1. The zero-order valence-corrected chi connectivity index (χ0v) is 24.3. The molecule has 2 N–H and O–H groups in total. The van der Waals surface area contributed by atoms with Gasteiger partial charge in [0.1, 0.15) is 22.9 Å². The molecule has 2 aromatic heterocycles. The van der Waals surface area contributed by atoms with Crippen LogP contribution < -0.4 is 60.8 Å². The summed E-state index contributed by atoms with van der Waals surface area (Å²) in [6.45, 7) is 1.70. The van der Waals surface area contributed by atoms with Crippen LogP contribution >= 0.6 is 23.2 Å². The van der Waals surface area contributed by atoms with Crippen LogP contribution in [0.3, 0.4) is 0 Å². The molecule has 0 amide bonds. The number of hydrogen-bond donors (Lipinski definition) is 2. The summed E-state index contributed by atoms with van der Waals surface area (Å²) < 4.78 is 59.1. The Hall–Kier alpha value is -1.91. The molecule has 4 aromatic rings. The van der Waals surface area contributed by atoms with Gasteiger partial charge in [-0.2, -0.15) is 13.4 Å². The summed E-state index contributed by atoms with van der Waals surface area (Å²) in [7, 11) is -3.01. The number of aromatic carboxylic acids is 1. The minimum absolute atomic E-state index is 0. The Morgan fingerprint density at radius 1 is 1.11 bits per heavy atom. The number of rotatable bonds is 5. The molecular weight excluding hydrogens is 570 g/mol. The predicted molar refractivity (Wildman–Crippen MR) is 124 cm³/mol. The van der Waals surface area contributed by atoms with Gasteiger partial charge in [0.15, 0.2) is 5.75 Å². The first-order valence-electron chi connectivity index (χ1n) is 9.36. The van der Waals surface area contributed by atoms with Crippen molar-refractivity contribution >= 4 is 50.7 Å². The van der Waals surface area contributed by atoms with Crippen LogP contribution in [0.25, 0.3) is 5.78 Å². The third kappa shape index (κ3) is 6.89. The van der Waals surface area contributed by atoms with Gasteiger partial charge in [0.25, 0.3) is 21.0 Å². The Morgan fingerprint density at radius 2 is 1.72 bits per heavy atom. The Balaban J connectivity index is 0.000000396. The second-order valence-electron chi connectivity index (χ2n) is 6.65. The van der Waals surface area contributed by atoms with E-state index in [0.29, 0.717) is 5.69 Å². The maximum atomic E-state index is 13.5. The van der Waals surface area contributed by atoms with Gasteiger partial charge in [-0.1, -0.05) is 29.3 Å². The van der Waals surface area contributed by atoms with Crippen LogP contribution in [-0.2, 0) is 10.0 Å². The number of para-hydroxylation sites is 1. The largest absolute Gasteiger partial charge is 1.00 e. The number of fused-ring (bicyclic) bond motifs is 1. The fourth-order valence-electron chi connectivity index (χ4n) is 2.67. The average Bonchev–Trinajstić information content (AvgIpc) is 3.22. The van der Waals surface area contributed by atoms with E-state index in [9.17, 15) is 22.0 Å². The number of nitrogens with one attached hydrogen (secondary N) is 1. The van der Waals surface area contributed by atoms with E-state index in [1.165, 1.54) is 25.4 Å². The first-order chi connectivity index (χ1) is 16.4. The second-order valence-corrected chi connectivity index (χ2v) is 9.04. The molecule has 36 heavy (non-hydrogen) atoms. The van der Waals surface area contributed by atoms with E-state index in [-0.39, 0.29) is 79.9 Å². The SMILES string of the molecule is COc1c(Cl)ccc(Cl)c1C(=O)O.Cc1ccn2nc(S(=O)(=O)Nc3c(F)cccc3F)nc2n1.[H-].[K+]. The van der Waals surface area contributed by atoms with Gasteiger partial charge in [-0.15, -0.1) is 5.10 Å². The molecule has 0 saturated carbocycles. The summed E-state index contributed by atoms with van der Waals surface area (Å²) in [5.41, 5.74) is -0.279. The molecule has 0 aliphatic carbocycles. The number of aromatic nitrogens is 4. The van der Waals surface area contributed by atoms with Crippen LogP contribution in [0.4, 0.5) is 14.5 Å². The molecule has 0 atom stereocenters. The number of benzene rings is 2. The number of hydrogen-bond acceptors (Lipinski definition) is 7. The molecule has 0 unspecified atom stereocenters. The van der Waals surface area contributed by atoms with E-state index in [2.05, 4.69) is 15.1 Å². The minimum atomic E-state index is -4.35. The number of aryl methyl sites for hydroxylation is 1. The van der Waals surface area contributed by atoms with Gasteiger partial charge in [-0.05, 0) is 37.3 Å². The van der Waals surface area contributed by atoms with Crippen molar-refractivity contribution in [3.63, 3.8) is 0 Å². The molecule has 2 heterocycles. The summed E-state index contributed by atoms with van der Waals surface area (Å²) in [4.78, 5) is 18.5. The molecular formula is C20H16Cl2F2KN5O5S. The Labute approximate surface area is 257 Å². The number of carboxylic acid groups (broad SMARTS) is 1. The fourth-order valence-corrected chi connectivity index (χ4v) is 4.08. The van der Waals surface area contributed by atoms with Crippen molar-refractivity contribution in [3.8, 4) is 5.75 Å². The molecule has 0 radical (unpaired) electrons. The van der Waals surface area contributed by atoms with Crippen LogP contribution in [0, 0.1) is 18.6 Å². The second kappa shape index (κ2) is 12.6. The fraction of sp³-hybridized carbons (Fsp3) is 0.100. The zero-order chi connectivity index (χ0) is 25.9. The molecule has 0 aliphatic heterocycles. The Morgan fingerprint density at radius 3 is 2.28 bits per heavy atom. The van der Waals surface area contributed by atoms with E-state index in [4.69, 9.17) is 33.0 Å². The van der Waals surface area contributed by atoms with Gasteiger partial charge in [0.05, 0.1) is 17.2 Å². The number of carbonyl (C=O) groups is 1. The van der Waals surface area contributed by atoms with Crippen LogP contribution in [0.2, 0.25) is 10.0 Å². The Bertz CT molecular complexity index is 1530. The topological polar surface area (TPSA) is 136 Å². The number of carboxylic acids is 1. The molecule has 0 bridgehead atoms. The number of anilines is 1. The first-order valence-corrected chi connectivity index (χ1v) is 11.6. The molecule has 0 spiro atoms. The van der Waals surface area contributed by atoms with Gasteiger partial charge in [-0.25, -0.2) is 23.1 Å². The summed E-state index contributed by atoms with van der Waals surface area (Å²) in [5, 5.41) is 12.2. The van der Waals surface area contributed by atoms with Crippen molar-refractivity contribution in [2.75, 3.05) is 11.8 Å². The van der Waals surface area contributed by atoms with Gasteiger partial charge in [0, 0.05) is 11.9 Å². The van der Waals surface area contributed by atoms with E-state index in [1.807, 2.05) is 0 Å². The molecule has 186 valence electrons. The van der Waals surface area contributed by atoms with Gasteiger partial charge in [0.2, 0.25) is 0 Å². The van der Waals surface area contributed by atoms with E-state index < -0.39 is 38.5 Å². The third-order valence-corrected chi connectivity index (χ3v) is 5.98. The summed E-state index contributed by atoms with van der Waals surface area (Å²) in [5.74, 6) is -3.09. The standard InChI is InChI=1S/C12H9F2N5O2S.C8H6Cl2O3.K.H/c1-7-5-6-19-11(15-7)16-12(17-19)22(20,21)18-10-8(13)3-2-4-9(10)14;1-13-7-5(10)3-2-4(9)6(7)8(11)12;;/h2-6,18H,1H3;2-3H,1H3,(H,11,12);;/q;;+1;-1. The normalized spacial score (nSPS) is 10.7. The quantitative estimate of drug-likeness (QED) is 0.335. The smallest absolute Gasteiger partial charge is 1.00 e. The Kier molecular flexibility index (Phi) is 10.6. The molecule has 16 heteroatoms. The van der Waals surface area contributed by atoms with Gasteiger partial charge < -0.3 is 11.3 Å². The van der Waals surface area contributed by atoms with Crippen molar-refractivity contribution < 1.29 is 84.6 Å². The van der Waals surface area contributed by atoms with Gasteiger partial charge >= 0.3 is 57.4 Å². The van der Waals surface area contributed by atoms with Crippen molar-refractivity contribution in [2.24, 2.45) is 0 Å². The monoisotopic (exact) mass is 585 g/mol. The molecule has 2 aromatic carbocycles. The van der Waals surface area contributed by atoms with Crippen LogP contribution in [0.1, 0.15) is 17.5 Å². The van der Waals surface area contributed by atoms with Crippen molar-refractivity contribution in [1.82, 2.24) is 19.6 Å². The van der Waals surface area contributed by atoms with Crippen molar-refractivity contribution in [1.29, 1.82) is 0 Å². The maximum Gasteiger partial charge on any atom is 1.00 e. The number of methoxy groups -OCH3 is 1. The number of nitrogens with zero attached hydrogens (tertiary/aromatic N) is 4. The minimum Gasteiger partial charge on any atom is -1.00 e. The van der Waals surface area contributed by atoms with E-state index in [1.54, 1.807) is 17.7 Å². The molecule has 0 saturated heterocycles. The van der Waals surface area contributed by atoms with Gasteiger partial charge in [-0.3, -0.25) is 4.72 Å².